The van der Waals surface area contributed by atoms with Gasteiger partial charge in [-0.25, -0.2) is 13.1 Å². The molecule has 1 fully saturated rings. The van der Waals surface area contributed by atoms with E-state index in [1.807, 2.05) is 0 Å². The third kappa shape index (κ3) is 5.86. The lowest BCUT2D eigenvalue weighted by Gasteiger charge is -2.27. The summed E-state index contributed by atoms with van der Waals surface area (Å²) < 4.78 is 25.6. The number of sulfonamides is 1. The molecule has 0 aliphatic carbocycles. The van der Waals surface area contributed by atoms with Crippen molar-refractivity contribution < 1.29 is 13.2 Å². The largest absolute Gasteiger partial charge is 0.355 e. The molecule has 0 aromatic heterocycles. The molecule has 1 aliphatic rings. The summed E-state index contributed by atoms with van der Waals surface area (Å²) >= 11 is 0. The minimum Gasteiger partial charge on any atom is -0.355 e. The highest BCUT2D eigenvalue weighted by molar-refractivity contribution is 7.89. The maximum absolute atomic E-state index is 11.9. The topological polar surface area (TPSA) is 90.5 Å². The molecule has 2 rings (SSSR count). The molecule has 0 bridgehead atoms. The number of nitrogens with zero attached hydrogens (tertiary/aromatic N) is 1. The summed E-state index contributed by atoms with van der Waals surface area (Å²) in [7, 11) is -2.02. The molecule has 3 N–H and O–H groups in total. The molecule has 1 saturated heterocycles. The molecule has 0 atom stereocenters. The van der Waals surface area contributed by atoms with Crippen LogP contribution in [0.1, 0.15) is 12.0 Å². The summed E-state index contributed by atoms with van der Waals surface area (Å²) in [6, 6.07) is 6.61. The van der Waals surface area contributed by atoms with Gasteiger partial charge in [0.25, 0.3) is 0 Å². The number of hydrogen-bond acceptors (Lipinski definition) is 5. The maximum atomic E-state index is 11.9. The number of carbonyl (C=O) groups excluding carboxylic acids is 1. The van der Waals surface area contributed by atoms with E-state index in [4.69, 9.17) is 0 Å². The third-order valence-corrected chi connectivity index (χ3v) is 5.53. The highest BCUT2D eigenvalue weighted by Crippen LogP contribution is 2.11. The molecule has 1 heterocycles. The molecule has 7 nitrogen and oxygen atoms in total. The molecule has 24 heavy (non-hydrogen) atoms. The van der Waals surface area contributed by atoms with Crippen LogP contribution in [0.15, 0.2) is 29.2 Å². The van der Waals surface area contributed by atoms with E-state index in [9.17, 15) is 13.2 Å². The molecule has 1 aromatic carbocycles. The van der Waals surface area contributed by atoms with E-state index in [0.29, 0.717) is 19.4 Å². The molecule has 0 spiro atoms. The fraction of sp³-hybridized carbons (Fsp3) is 0.562. The van der Waals surface area contributed by atoms with E-state index in [1.54, 1.807) is 24.3 Å². The highest BCUT2D eigenvalue weighted by atomic mass is 32.2. The molecule has 134 valence electrons. The SMILES string of the molecule is CNS(=O)(=O)c1ccc(CCC(=O)NCCN2CCNCC2)cc1. The quantitative estimate of drug-likeness (QED) is 0.588. The number of hydrogen-bond donors (Lipinski definition) is 3. The van der Waals surface area contributed by atoms with Crippen molar-refractivity contribution >= 4 is 15.9 Å². The first kappa shape index (κ1) is 18.9. The van der Waals surface area contributed by atoms with Crippen LogP contribution < -0.4 is 15.4 Å². The Morgan fingerprint density at radius 2 is 1.88 bits per heavy atom. The van der Waals surface area contributed by atoms with E-state index in [-0.39, 0.29) is 10.8 Å². The van der Waals surface area contributed by atoms with Gasteiger partial charge in [-0.05, 0) is 31.2 Å². The summed E-state index contributed by atoms with van der Waals surface area (Å²) in [6.45, 7) is 5.61. The Morgan fingerprint density at radius 3 is 2.50 bits per heavy atom. The molecule has 8 heteroatoms. The van der Waals surface area contributed by atoms with Gasteiger partial charge in [0.05, 0.1) is 4.90 Å². The van der Waals surface area contributed by atoms with Gasteiger partial charge in [-0.2, -0.15) is 0 Å². The standard InChI is InChI=1S/C16H26N4O3S/c1-17-24(22,23)15-5-2-14(3-6-15)4-7-16(21)19-10-13-20-11-8-18-9-12-20/h2-3,5-6,17-18H,4,7-13H2,1H3,(H,19,21). The van der Waals surface area contributed by atoms with Gasteiger partial charge in [0.15, 0.2) is 0 Å². The molecule has 1 amide bonds. The van der Waals surface area contributed by atoms with Crippen LogP contribution in [-0.2, 0) is 21.2 Å². The van der Waals surface area contributed by atoms with Crippen LogP contribution >= 0.6 is 0 Å². The van der Waals surface area contributed by atoms with Crippen LogP contribution in [-0.4, -0.2) is 65.5 Å². The summed E-state index contributed by atoms with van der Waals surface area (Å²) in [5.74, 6) is 0.0251. The first-order chi connectivity index (χ1) is 11.5. The van der Waals surface area contributed by atoms with Crippen LogP contribution in [0.3, 0.4) is 0 Å². The zero-order valence-electron chi connectivity index (χ0n) is 14.0. The van der Waals surface area contributed by atoms with Crippen molar-refractivity contribution in [1.82, 2.24) is 20.3 Å². The minimum atomic E-state index is -3.41. The zero-order chi connectivity index (χ0) is 17.4. The van der Waals surface area contributed by atoms with Gasteiger partial charge in [0, 0.05) is 45.7 Å². The second-order valence-electron chi connectivity index (χ2n) is 5.79. The molecule has 0 unspecified atom stereocenters. The van der Waals surface area contributed by atoms with E-state index < -0.39 is 10.0 Å². The van der Waals surface area contributed by atoms with Crippen molar-refractivity contribution in [2.24, 2.45) is 0 Å². The molecule has 1 aromatic rings. The van der Waals surface area contributed by atoms with Crippen molar-refractivity contribution in [3.05, 3.63) is 29.8 Å². The van der Waals surface area contributed by atoms with Gasteiger partial charge < -0.3 is 10.6 Å². The second kappa shape index (κ2) is 9.12. The molecule has 0 saturated carbocycles. The van der Waals surface area contributed by atoms with Gasteiger partial charge in [0.1, 0.15) is 0 Å². The summed E-state index contributed by atoms with van der Waals surface area (Å²) in [6.07, 6.45) is 0.999. The van der Waals surface area contributed by atoms with Crippen LogP contribution in [0, 0.1) is 0 Å². The molecule has 1 aliphatic heterocycles. The fourth-order valence-electron chi connectivity index (χ4n) is 2.59. The van der Waals surface area contributed by atoms with Crippen molar-refractivity contribution in [2.45, 2.75) is 17.7 Å². The Morgan fingerprint density at radius 1 is 1.21 bits per heavy atom. The predicted molar refractivity (Wildman–Crippen MR) is 93.3 cm³/mol. The number of carbonyl (C=O) groups is 1. The van der Waals surface area contributed by atoms with Crippen LogP contribution in [0.5, 0.6) is 0 Å². The van der Waals surface area contributed by atoms with Crippen LogP contribution in [0.4, 0.5) is 0 Å². The lowest BCUT2D eigenvalue weighted by molar-refractivity contribution is -0.121. The van der Waals surface area contributed by atoms with Gasteiger partial charge in [-0.1, -0.05) is 12.1 Å². The van der Waals surface area contributed by atoms with Crippen LogP contribution in [0.25, 0.3) is 0 Å². The second-order valence-corrected chi connectivity index (χ2v) is 7.68. The van der Waals surface area contributed by atoms with E-state index >= 15 is 0 Å². The van der Waals surface area contributed by atoms with E-state index in [1.165, 1.54) is 7.05 Å². The number of nitrogens with one attached hydrogen (secondary N) is 3. The maximum Gasteiger partial charge on any atom is 0.240 e. The average Bonchev–Trinajstić information content (AvgIpc) is 2.61. The first-order valence-corrected chi connectivity index (χ1v) is 9.72. The fourth-order valence-corrected chi connectivity index (χ4v) is 3.32. The van der Waals surface area contributed by atoms with Gasteiger partial charge >= 0.3 is 0 Å². The van der Waals surface area contributed by atoms with E-state index in [0.717, 1.165) is 38.3 Å². The Hall–Kier alpha value is -1.48. The van der Waals surface area contributed by atoms with Gasteiger partial charge in [-0.3, -0.25) is 9.69 Å². The Balaban J connectivity index is 1.69. The summed E-state index contributed by atoms with van der Waals surface area (Å²) in [5.41, 5.74) is 0.947. The van der Waals surface area contributed by atoms with Crippen molar-refractivity contribution in [1.29, 1.82) is 0 Å². The van der Waals surface area contributed by atoms with Gasteiger partial charge in [0.2, 0.25) is 15.9 Å². The highest BCUT2D eigenvalue weighted by Gasteiger charge is 2.11. The number of aryl methyl sites for hydroxylation is 1. The number of benzene rings is 1. The summed E-state index contributed by atoms with van der Waals surface area (Å²) in [4.78, 5) is 14.4. The van der Waals surface area contributed by atoms with Crippen molar-refractivity contribution in [2.75, 3.05) is 46.3 Å². The average molecular weight is 354 g/mol. The number of piperazine rings is 1. The lowest BCUT2D eigenvalue weighted by atomic mass is 10.1. The monoisotopic (exact) mass is 354 g/mol. The van der Waals surface area contributed by atoms with Crippen LogP contribution in [0.2, 0.25) is 0 Å². The Kier molecular flexibility index (Phi) is 7.16. The number of rotatable bonds is 8. The smallest absolute Gasteiger partial charge is 0.240 e. The van der Waals surface area contributed by atoms with Crippen molar-refractivity contribution in [3.63, 3.8) is 0 Å². The zero-order valence-corrected chi connectivity index (χ0v) is 14.9. The van der Waals surface area contributed by atoms with E-state index in [2.05, 4.69) is 20.3 Å². The Bertz CT molecular complexity index is 625. The lowest BCUT2D eigenvalue weighted by Crippen LogP contribution is -2.46. The van der Waals surface area contributed by atoms with Gasteiger partial charge in [-0.15, -0.1) is 0 Å². The normalized spacial score (nSPS) is 16.0. The first-order valence-electron chi connectivity index (χ1n) is 8.23. The third-order valence-electron chi connectivity index (χ3n) is 4.10. The Labute approximate surface area is 143 Å². The van der Waals surface area contributed by atoms with Crippen molar-refractivity contribution in [3.8, 4) is 0 Å². The number of amides is 1. The molecular formula is C16H26N4O3S. The predicted octanol–water partition coefficient (Wildman–Crippen LogP) is -0.451. The molecular weight excluding hydrogens is 328 g/mol. The minimum absolute atomic E-state index is 0.0251. The summed E-state index contributed by atoms with van der Waals surface area (Å²) in [5, 5.41) is 6.24. The molecule has 0 radical (unpaired) electrons.